The van der Waals surface area contributed by atoms with Crippen molar-refractivity contribution < 1.29 is 12.3 Å². The summed E-state index contributed by atoms with van der Waals surface area (Å²) in [6.45, 7) is 0. The molecule has 0 atom stereocenters. The van der Waals surface area contributed by atoms with E-state index in [2.05, 4.69) is 15.0 Å². The molecular weight excluding hydrogens is 215 g/mol. The van der Waals surface area contributed by atoms with Crippen LogP contribution in [0.15, 0.2) is 16.3 Å². The minimum Gasteiger partial charge on any atom is -0.321 e. The van der Waals surface area contributed by atoms with E-state index in [4.69, 9.17) is 0 Å². The van der Waals surface area contributed by atoms with Gasteiger partial charge in [0.1, 0.15) is 0 Å². The lowest BCUT2D eigenvalue weighted by molar-refractivity contribution is 0.544. The highest BCUT2D eigenvalue weighted by molar-refractivity contribution is 7.86. The van der Waals surface area contributed by atoms with E-state index in [9.17, 15) is 17.1 Å². The summed E-state index contributed by atoms with van der Waals surface area (Å²) in [5.74, 6) is 0. The summed E-state index contributed by atoms with van der Waals surface area (Å²) in [6.07, 6.45) is 1.04. The Morgan fingerprint density at radius 1 is 1.43 bits per heavy atom. The number of rotatable bonds is 1. The summed E-state index contributed by atoms with van der Waals surface area (Å²) in [7, 11) is -4.94. The zero-order chi connectivity index (χ0) is 10.3. The molecule has 2 rings (SSSR count). The molecule has 7 nitrogen and oxygen atoms in total. The molecule has 0 fully saturated rings. The standard InChI is InChI=1S/C5H3FN4O3S/c6-14(12,13)5-9-2-3(10-5)7-1-8-4(2)11/h1H,(H2,7,8,9,10,11). The van der Waals surface area contributed by atoms with Crippen LogP contribution in [0.25, 0.3) is 11.2 Å². The van der Waals surface area contributed by atoms with Crippen molar-refractivity contribution in [1.82, 2.24) is 19.9 Å². The Morgan fingerprint density at radius 2 is 2.14 bits per heavy atom. The normalized spacial score (nSPS) is 12.1. The molecule has 2 heterocycles. The average Bonchev–Trinajstić information content (AvgIpc) is 2.48. The fraction of sp³-hybridized carbons (Fsp3) is 0. The molecule has 0 aliphatic carbocycles. The minimum atomic E-state index is -4.94. The number of H-pyrrole nitrogens is 2. The number of aromatic amines is 2. The van der Waals surface area contributed by atoms with Crippen molar-refractivity contribution >= 4 is 21.4 Å². The zero-order valence-electron chi connectivity index (χ0n) is 6.48. The average molecular weight is 218 g/mol. The number of imidazole rings is 1. The highest BCUT2D eigenvalue weighted by Crippen LogP contribution is 2.09. The Morgan fingerprint density at radius 3 is 2.71 bits per heavy atom. The van der Waals surface area contributed by atoms with E-state index in [1.54, 1.807) is 0 Å². The van der Waals surface area contributed by atoms with Crippen LogP contribution < -0.4 is 5.56 Å². The largest absolute Gasteiger partial charge is 0.366 e. The Hall–Kier alpha value is -1.77. The van der Waals surface area contributed by atoms with E-state index >= 15 is 0 Å². The molecule has 0 aromatic carbocycles. The lowest BCUT2D eigenvalue weighted by Gasteiger charge is -1.82. The molecule has 0 amide bonds. The molecule has 0 aliphatic heterocycles. The maximum Gasteiger partial charge on any atom is 0.366 e. The van der Waals surface area contributed by atoms with Gasteiger partial charge in [-0.2, -0.15) is 13.4 Å². The molecule has 0 bridgehead atoms. The number of aromatic nitrogens is 4. The van der Waals surface area contributed by atoms with Crippen LogP contribution in [0.2, 0.25) is 0 Å². The van der Waals surface area contributed by atoms with Gasteiger partial charge in [-0.05, 0) is 0 Å². The third kappa shape index (κ3) is 1.27. The van der Waals surface area contributed by atoms with Crippen LogP contribution in [0.1, 0.15) is 0 Å². The predicted molar refractivity (Wildman–Crippen MR) is 42.8 cm³/mol. The van der Waals surface area contributed by atoms with E-state index in [1.165, 1.54) is 0 Å². The Bertz CT molecular complexity index is 642. The molecule has 14 heavy (non-hydrogen) atoms. The van der Waals surface area contributed by atoms with Crippen molar-refractivity contribution in [1.29, 1.82) is 0 Å². The number of nitrogens with one attached hydrogen (secondary N) is 2. The quantitative estimate of drug-likeness (QED) is 0.615. The SMILES string of the molecule is O=c1[nH]cnc2nc(S(=O)(=O)F)[nH]c12. The summed E-state index contributed by atoms with van der Waals surface area (Å²) in [5.41, 5.74) is -0.939. The summed E-state index contributed by atoms with van der Waals surface area (Å²) in [6, 6.07) is 0. The topological polar surface area (TPSA) is 109 Å². The zero-order valence-corrected chi connectivity index (χ0v) is 7.30. The van der Waals surface area contributed by atoms with E-state index in [1.807, 2.05) is 4.98 Å². The van der Waals surface area contributed by atoms with Gasteiger partial charge in [0.2, 0.25) is 0 Å². The van der Waals surface area contributed by atoms with Gasteiger partial charge in [0.15, 0.2) is 11.2 Å². The maximum atomic E-state index is 12.4. The van der Waals surface area contributed by atoms with Crippen molar-refractivity contribution in [3.8, 4) is 0 Å². The Labute approximate surface area is 76.2 Å². The van der Waals surface area contributed by atoms with E-state index < -0.39 is 20.9 Å². The van der Waals surface area contributed by atoms with Crippen molar-refractivity contribution in [2.45, 2.75) is 5.16 Å². The first kappa shape index (κ1) is 8.81. The maximum absolute atomic E-state index is 12.4. The molecule has 2 N–H and O–H groups in total. The number of nitrogens with zero attached hydrogens (tertiary/aromatic N) is 2. The Balaban J connectivity index is 2.88. The van der Waals surface area contributed by atoms with E-state index in [0.29, 0.717) is 0 Å². The molecule has 0 spiro atoms. The van der Waals surface area contributed by atoms with Gasteiger partial charge in [-0.3, -0.25) is 4.79 Å². The first-order valence-corrected chi connectivity index (χ1v) is 4.75. The third-order valence-corrected chi connectivity index (χ3v) is 2.16. The molecule has 74 valence electrons. The van der Waals surface area contributed by atoms with Crippen LogP contribution in [0, 0.1) is 0 Å². The fourth-order valence-corrected chi connectivity index (χ4v) is 1.35. The van der Waals surface area contributed by atoms with Crippen molar-refractivity contribution in [2.24, 2.45) is 0 Å². The predicted octanol–water partition coefficient (Wildman–Crippen LogP) is -0.696. The van der Waals surface area contributed by atoms with E-state index in [0.717, 1.165) is 6.33 Å². The van der Waals surface area contributed by atoms with Gasteiger partial charge < -0.3 is 9.97 Å². The van der Waals surface area contributed by atoms with Gasteiger partial charge in [0, 0.05) is 0 Å². The smallest absolute Gasteiger partial charge is 0.321 e. The molecule has 2 aromatic heterocycles. The first-order valence-electron chi connectivity index (χ1n) is 3.36. The van der Waals surface area contributed by atoms with Gasteiger partial charge >= 0.3 is 10.2 Å². The van der Waals surface area contributed by atoms with Crippen molar-refractivity contribution in [2.75, 3.05) is 0 Å². The van der Waals surface area contributed by atoms with Gasteiger partial charge in [-0.15, -0.1) is 0 Å². The van der Waals surface area contributed by atoms with Crippen molar-refractivity contribution in [3.05, 3.63) is 16.7 Å². The van der Waals surface area contributed by atoms with Gasteiger partial charge in [0.25, 0.3) is 10.7 Å². The summed E-state index contributed by atoms with van der Waals surface area (Å²) < 4.78 is 33.3. The van der Waals surface area contributed by atoms with Crippen LogP contribution in [-0.2, 0) is 10.2 Å². The summed E-state index contributed by atoms with van der Waals surface area (Å²) in [4.78, 5) is 22.1. The van der Waals surface area contributed by atoms with Crippen LogP contribution in [0.3, 0.4) is 0 Å². The molecule has 0 radical (unpaired) electrons. The monoisotopic (exact) mass is 218 g/mol. The third-order valence-electron chi connectivity index (χ3n) is 1.50. The highest BCUT2D eigenvalue weighted by atomic mass is 32.3. The molecule has 2 aromatic rings. The van der Waals surface area contributed by atoms with E-state index in [-0.39, 0.29) is 11.2 Å². The highest BCUT2D eigenvalue weighted by Gasteiger charge is 2.18. The van der Waals surface area contributed by atoms with Gasteiger partial charge in [0.05, 0.1) is 6.33 Å². The second-order valence-electron chi connectivity index (χ2n) is 2.41. The van der Waals surface area contributed by atoms with Crippen molar-refractivity contribution in [3.63, 3.8) is 0 Å². The lowest BCUT2D eigenvalue weighted by atomic mass is 10.6. The van der Waals surface area contributed by atoms with Crippen LogP contribution >= 0.6 is 0 Å². The number of hydrogen-bond donors (Lipinski definition) is 2. The molecule has 0 unspecified atom stereocenters. The van der Waals surface area contributed by atoms with Gasteiger partial charge in [-0.25, -0.2) is 4.98 Å². The first-order chi connectivity index (χ1) is 6.48. The second kappa shape index (κ2) is 2.61. The number of fused-ring (bicyclic) bond motifs is 1. The van der Waals surface area contributed by atoms with Crippen LogP contribution in [-0.4, -0.2) is 28.4 Å². The summed E-state index contributed by atoms with van der Waals surface area (Å²) in [5, 5.41) is -0.920. The fourth-order valence-electron chi connectivity index (χ4n) is 0.934. The molecule has 0 aliphatic rings. The molecule has 9 heteroatoms. The van der Waals surface area contributed by atoms with Crippen LogP contribution in [0.5, 0.6) is 0 Å². The molecule has 0 saturated carbocycles. The molecular formula is C5H3FN4O3S. The number of hydrogen-bond acceptors (Lipinski definition) is 5. The summed E-state index contributed by atoms with van der Waals surface area (Å²) >= 11 is 0. The van der Waals surface area contributed by atoms with Crippen LogP contribution in [0.4, 0.5) is 3.89 Å². The number of halogens is 1. The Kier molecular flexibility index (Phi) is 1.64. The second-order valence-corrected chi connectivity index (χ2v) is 3.67. The molecule has 0 saturated heterocycles. The lowest BCUT2D eigenvalue weighted by Crippen LogP contribution is -2.05. The minimum absolute atomic E-state index is 0.148. The van der Waals surface area contributed by atoms with Gasteiger partial charge in [-0.1, -0.05) is 3.89 Å².